The normalized spacial score (nSPS) is 11.6. The standard InChI is InChI=1S/C20H22N2O/c1-20(2,3)17-9-7-16(8-10-17)19-21-11-12-22(19)14-15-5-4-6-18(23)13-15/h4-13,23H,14H2,1-3H3. The molecule has 0 saturated carbocycles. The molecule has 1 N–H and O–H groups in total. The molecule has 3 nitrogen and oxygen atoms in total. The summed E-state index contributed by atoms with van der Waals surface area (Å²) in [6.45, 7) is 7.32. The number of aromatic nitrogens is 2. The lowest BCUT2D eigenvalue weighted by Crippen LogP contribution is -2.10. The van der Waals surface area contributed by atoms with E-state index in [9.17, 15) is 5.11 Å². The summed E-state index contributed by atoms with van der Waals surface area (Å²) in [7, 11) is 0. The predicted molar refractivity (Wildman–Crippen MR) is 93.6 cm³/mol. The molecule has 3 heteroatoms. The van der Waals surface area contributed by atoms with Gasteiger partial charge in [-0.15, -0.1) is 0 Å². The quantitative estimate of drug-likeness (QED) is 0.768. The summed E-state index contributed by atoms with van der Waals surface area (Å²) in [5, 5.41) is 9.61. The number of aromatic hydroxyl groups is 1. The van der Waals surface area contributed by atoms with Gasteiger partial charge in [-0.2, -0.15) is 0 Å². The third-order valence-electron chi connectivity index (χ3n) is 3.99. The summed E-state index contributed by atoms with van der Waals surface area (Å²) in [6, 6.07) is 15.9. The van der Waals surface area contributed by atoms with Crippen LogP contribution in [0.5, 0.6) is 5.75 Å². The highest BCUT2D eigenvalue weighted by Crippen LogP contribution is 2.26. The van der Waals surface area contributed by atoms with E-state index in [4.69, 9.17) is 0 Å². The molecule has 118 valence electrons. The molecule has 0 saturated heterocycles. The lowest BCUT2D eigenvalue weighted by Gasteiger charge is -2.19. The number of nitrogens with zero attached hydrogens (tertiary/aromatic N) is 2. The minimum absolute atomic E-state index is 0.148. The highest BCUT2D eigenvalue weighted by atomic mass is 16.3. The summed E-state index contributed by atoms with van der Waals surface area (Å²) in [5.74, 6) is 1.23. The Hall–Kier alpha value is -2.55. The minimum Gasteiger partial charge on any atom is -0.508 e. The Morgan fingerprint density at radius 1 is 1.04 bits per heavy atom. The molecular weight excluding hydrogens is 284 g/mol. The van der Waals surface area contributed by atoms with Gasteiger partial charge in [0.25, 0.3) is 0 Å². The number of phenols is 1. The molecule has 0 unspecified atom stereocenters. The van der Waals surface area contributed by atoms with Gasteiger partial charge in [0.15, 0.2) is 0 Å². The second-order valence-corrected chi connectivity index (χ2v) is 6.88. The van der Waals surface area contributed by atoms with Gasteiger partial charge in [0.2, 0.25) is 0 Å². The van der Waals surface area contributed by atoms with Gasteiger partial charge in [-0.05, 0) is 28.7 Å². The number of hydrogen-bond donors (Lipinski definition) is 1. The highest BCUT2D eigenvalue weighted by molar-refractivity contribution is 5.56. The lowest BCUT2D eigenvalue weighted by atomic mass is 9.87. The number of phenolic OH excluding ortho intramolecular Hbond substituents is 1. The van der Waals surface area contributed by atoms with Crippen molar-refractivity contribution in [2.45, 2.75) is 32.7 Å². The molecule has 0 aliphatic carbocycles. The van der Waals surface area contributed by atoms with Crippen LogP contribution >= 0.6 is 0 Å². The summed E-state index contributed by atoms with van der Waals surface area (Å²) in [5.41, 5.74) is 3.61. The zero-order valence-corrected chi connectivity index (χ0v) is 13.8. The molecule has 1 heterocycles. The smallest absolute Gasteiger partial charge is 0.140 e. The maximum atomic E-state index is 9.61. The van der Waals surface area contributed by atoms with Crippen molar-refractivity contribution >= 4 is 0 Å². The first-order valence-electron chi connectivity index (χ1n) is 7.83. The average Bonchev–Trinajstić information content (AvgIpc) is 2.94. The molecule has 2 aromatic carbocycles. The molecule has 0 atom stereocenters. The van der Waals surface area contributed by atoms with E-state index in [0.29, 0.717) is 12.3 Å². The van der Waals surface area contributed by atoms with Gasteiger partial charge < -0.3 is 9.67 Å². The van der Waals surface area contributed by atoms with Crippen LogP contribution < -0.4 is 0 Å². The molecule has 0 aliphatic rings. The Morgan fingerprint density at radius 3 is 2.43 bits per heavy atom. The Labute approximate surface area is 137 Å². The number of imidazole rings is 1. The molecule has 3 rings (SSSR count). The van der Waals surface area contributed by atoms with E-state index in [1.54, 1.807) is 12.1 Å². The molecule has 1 aromatic heterocycles. The molecule has 0 radical (unpaired) electrons. The van der Waals surface area contributed by atoms with Crippen molar-refractivity contribution in [3.8, 4) is 17.1 Å². The van der Waals surface area contributed by atoms with Crippen LogP contribution in [0.1, 0.15) is 31.9 Å². The molecule has 0 aliphatic heterocycles. The second-order valence-electron chi connectivity index (χ2n) is 6.88. The molecule has 23 heavy (non-hydrogen) atoms. The molecule has 0 bridgehead atoms. The van der Waals surface area contributed by atoms with Crippen molar-refractivity contribution in [3.05, 3.63) is 72.1 Å². The molecule has 0 spiro atoms. The highest BCUT2D eigenvalue weighted by Gasteiger charge is 2.14. The van der Waals surface area contributed by atoms with Crippen molar-refractivity contribution in [1.29, 1.82) is 0 Å². The van der Waals surface area contributed by atoms with Crippen molar-refractivity contribution in [2.75, 3.05) is 0 Å². The van der Waals surface area contributed by atoms with Crippen LogP contribution in [0.4, 0.5) is 0 Å². The molecular formula is C20H22N2O. The van der Waals surface area contributed by atoms with Crippen LogP contribution in [-0.4, -0.2) is 14.7 Å². The Morgan fingerprint density at radius 2 is 1.78 bits per heavy atom. The van der Waals surface area contributed by atoms with E-state index < -0.39 is 0 Å². The van der Waals surface area contributed by atoms with Crippen LogP contribution in [0, 0.1) is 0 Å². The van der Waals surface area contributed by atoms with Crippen LogP contribution in [0.2, 0.25) is 0 Å². The van der Waals surface area contributed by atoms with Crippen molar-refractivity contribution < 1.29 is 5.11 Å². The van der Waals surface area contributed by atoms with E-state index in [0.717, 1.165) is 17.0 Å². The summed E-state index contributed by atoms with van der Waals surface area (Å²) < 4.78 is 2.10. The van der Waals surface area contributed by atoms with Gasteiger partial charge in [-0.25, -0.2) is 4.98 Å². The van der Waals surface area contributed by atoms with Gasteiger partial charge in [0.1, 0.15) is 11.6 Å². The first-order chi connectivity index (χ1) is 10.9. The lowest BCUT2D eigenvalue weighted by molar-refractivity contribution is 0.474. The van der Waals surface area contributed by atoms with E-state index in [2.05, 4.69) is 54.6 Å². The van der Waals surface area contributed by atoms with Gasteiger partial charge in [0, 0.05) is 24.5 Å². The predicted octanol–water partition coefficient (Wildman–Crippen LogP) is 4.60. The average molecular weight is 306 g/mol. The third-order valence-corrected chi connectivity index (χ3v) is 3.99. The van der Waals surface area contributed by atoms with E-state index in [1.807, 2.05) is 24.5 Å². The Balaban J connectivity index is 1.89. The zero-order chi connectivity index (χ0) is 16.4. The van der Waals surface area contributed by atoms with Crippen LogP contribution in [0.15, 0.2) is 60.9 Å². The largest absolute Gasteiger partial charge is 0.508 e. The zero-order valence-electron chi connectivity index (χ0n) is 13.8. The second kappa shape index (κ2) is 5.92. The van der Waals surface area contributed by atoms with Crippen LogP contribution in [-0.2, 0) is 12.0 Å². The first kappa shape index (κ1) is 15.3. The summed E-state index contributed by atoms with van der Waals surface area (Å²) in [6.07, 6.45) is 3.78. The number of benzene rings is 2. The molecule has 0 amide bonds. The van der Waals surface area contributed by atoms with E-state index >= 15 is 0 Å². The summed E-state index contributed by atoms with van der Waals surface area (Å²) >= 11 is 0. The number of hydrogen-bond acceptors (Lipinski definition) is 2. The SMILES string of the molecule is CC(C)(C)c1ccc(-c2nccn2Cc2cccc(O)c2)cc1. The van der Waals surface area contributed by atoms with Crippen molar-refractivity contribution in [2.24, 2.45) is 0 Å². The third kappa shape index (κ3) is 3.45. The van der Waals surface area contributed by atoms with Crippen molar-refractivity contribution in [3.63, 3.8) is 0 Å². The maximum Gasteiger partial charge on any atom is 0.140 e. The summed E-state index contributed by atoms with van der Waals surface area (Å²) in [4.78, 5) is 4.50. The molecule has 3 aromatic rings. The van der Waals surface area contributed by atoms with Crippen LogP contribution in [0.25, 0.3) is 11.4 Å². The van der Waals surface area contributed by atoms with E-state index in [-0.39, 0.29) is 5.41 Å². The fraction of sp³-hybridized carbons (Fsp3) is 0.250. The number of rotatable bonds is 3. The monoisotopic (exact) mass is 306 g/mol. The minimum atomic E-state index is 0.148. The molecule has 0 fully saturated rings. The van der Waals surface area contributed by atoms with E-state index in [1.165, 1.54) is 5.56 Å². The first-order valence-corrected chi connectivity index (χ1v) is 7.83. The fourth-order valence-corrected chi connectivity index (χ4v) is 2.67. The van der Waals surface area contributed by atoms with Crippen molar-refractivity contribution in [1.82, 2.24) is 9.55 Å². The topological polar surface area (TPSA) is 38.0 Å². The fourth-order valence-electron chi connectivity index (χ4n) is 2.67. The Kier molecular flexibility index (Phi) is 3.95. The maximum absolute atomic E-state index is 9.61. The van der Waals surface area contributed by atoms with Gasteiger partial charge in [-0.3, -0.25) is 0 Å². The van der Waals surface area contributed by atoms with Gasteiger partial charge in [-0.1, -0.05) is 57.2 Å². The van der Waals surface area contributed by atoms with Crippen LogP contribution in [0.3, 0.4) is 0 Å². The van der Waals surface area contributed by atoms with Gasteiger partial charge >= 0.3 is 0 Å². The Bertz CT molecular complexity index is 795. The van der Waals surface area contributed by atoms with Gasteiger partial charge in [0.05, 0.1) is 0 Å².